The summed E-state index contributed by atoms with van der Waals surface area (Å²) < 4.78 is 5.84. The van der Waals surface area contributed by atoms with Gasteiger partial charge in [-0.1, -0.05) is 6.07 Å². The normalized spacial score (nSPS) is 35.8. The number of morpholine rings is 1. The van der Waals surface area contributed by atoms with E-state index in [-0.39, 0.29) is 18.1 Å². The number of hydrogen-bond donors (Lipinski definition) is 0. The molecule has 1 aromatic heterocycles. The van der Waals surface area contributed by atoms with Crippen molar-refractivity contribution in [1.82, 2.24) is 14.8 Å². The number of rotatable bonds is 4. The second-order valence-electron chi connectivity index (χ2n) is 8.04. The lowest BCUT2D eigenvalue weighted by molar-refractivity contribution is -0.134. The van der Waals surface area contributed by atoms with Crippen molar-refractivity contribution in [2.24, 2.45) is 5.92 Å². The quantitative estimate of drug-likeness (QED) is 0.841. The van der Waals surface area contributed by atoms with E-state index in [9.17, 15) is 4.79 Å². The highest BCUT2D eigenvalue weighted by Crippen LogP contribution is 2.48. The number of pyridine rings is 1. The van der Waals surface area contributed by atoms with E-state index < -0.39 is 0 Å². The summed E-state index contributed by atoms with van der Waals surface area (Å²) in [6.07, 6.45) is 7.53. The van der Waals surface area contributed by atoms with E-state index in [2.05, 4.69) is 34.7 Å². The Kier molecular flexibility index (Phi) is 4.78. The number of amides is 1. The average Bonchev–Trinajstić information content (AvgIpc) is 3.26. The summed E-state index contributed by atoms with van der Waals surface area (Å²) >= 11 is 0. The monoisotopic (exact) mass is 343 g/mol. The SMILES string of the molecule is C[C@@H]1CN(C[C@@H]2CCCN2C(=O)[C@@H]2C[C@@H]2c2cccnc2)C[C@H](C)O1. The maximum Gasteiger partial charge on any atom is 0.226 e. The zero-order valence-corrected chi connectivity index (χ0v) is 15.3. The fourth-order valence-electron chi connectivity index (χ4n) is 4.69. The van der Waals surface area contributed by atoms with Gasteiger partial charge in [0.15, 0.2) is 0 Å². The molecule has 0 N–H and O–H groups in total. The number of carbonyl (C=O) groups is 1. The molecule has 0 unspecified atom stereocenters. The second kappa shape index (κ2) is 7.04. The molecule has 3 heterocycles. The van der Waals surface area contributed by atoms with Gasteiger partial charge in [0.05, 0.1) is 12.2 Å². The Labute approximate surface area is 150 Å². The molecule has 2 saturated heterocycles. The summed E-state index contributed by atoms with van der Waals surface area (Å²) in [6.45, 7) is 8.16. The fraction of sp³-hybridized carbons (Fsp3) is 0.700. The molecule has 3 fully saturated rings. The molecule has 5 atom stereocenters. The summed E-state index contributed by atoms with van der Waals surface area (Å²) in [6, 6.07) is 4.44. The summed E-state index contributed by atoms with van der Waals surface area (Å²) in [7, 11) is 0. The van der Waals surface area contributed by atoms with Crippen LogP contribution in [0.15, 0.2) is 24.5 Å². The van der Waals surface area contributed by atoms with E-state index in [1.54, 1.807) is 6.20 Å². The third-order valence-electron chi connectivity index (χ3n) is 5.84. The maximum absolute atomic E-state index is 13.0. The zero-order valence-electron chi connectivity index (χ0n) is 15.3. The van der Waals surface area contributed by atoms with Gasteiger partial charge in [-0.2, -0.15) is 0 Å². The van der Waals surface area contributed by atoms with Crippen molar-refractivity contribution < 1.29 is 9.53 Å². The predicted molar refractivity (Wildman–Crippen MR) is 96.3 cm³/mol. The Balaban J connectivity index is 1.36. The summed E-state index contributed by atoms with van der Waals surface area (Å²) in [5.74, 6) is 0.920. The molecule has 3 aliphatic rings. The molecule has 1 amide bonds. The minimum absolute atomic E-state index is 0.173. The molecule has 4 rings (SSSR count). The number of likely N-dealkylation sites (tertiary alicyclic amines) is 1. The Morgan fingerprint density at radius 2 is 2.12 bits per heavy atom. The van der Waals surface area contributed by atoms with Gasteiger partial charge in [-0.05, 0) is 50.7 Å². The van der Waals surface area contributed by atoms with Crippen LogP contribution < -0.4 is 0 Å². The van der Waals surface area contributed by atoms with Crippen molar-refractivity contribution in [3.05, 3.63) is 30.1 Å². The molecule has 136 valence electrons. The van der Waals surface area contributed by atoms with E-state index in [0.717, 1.165) is 45.4 Å². The highest BCUT2D eigenvalue weighted by molar-refractivity contribution is 5.83. The minimum Gasteiger partial charge on any atom is -0.373 e. The smallest absolute Gasteiger partial charge is 0.226 e. The molecule has 0 aromatic carbocycles. The van der Waals surface area contributed by atoms with E-state index >= 15 is 0 Å². The lowest BCUT2D eigenvalue weighted by Crippen LogP contribution is -2.51. The standard InChI is InChI=1S/C20H29N3O2/c1-14-11-22(12-15(2)25-14)13-17-6-4-8-23(17)20(24)19-9-18(19)16-5-3-7-21-10-16/h3,5,7,10,14-15,17-19H,4,6,8-9,11-13H2,1-2H3/t14-,15+,17-,18+,19+/m0/s1. The Morgan fingerprint density at radius 1 is 1.32 bits per heavy atom. The molecule has 0 radical (unpaired) electrons. The van der Waals surface area contributed by atoms with Crippen LogP contribution in [0.4, 0.5) is 0 Å². The fourth-order valence-corrected chi connectivity index (χ4v) is 4.69. The van der Waals surface area contributed by atoms with Crippen molar-refractivity contribution in [2.45, 2.75) is 57.3 Å². The first-order valence-electron chi connectivity index (χ1n) is 9.70. The van der Waals surface area contributed by atoms with Crippen LogP contribution in [0.1, 0.15) is 44.6 Å². The van der Waals surface area contributed by atoms with Crippen molar-refractivity contribution in [3.63, 3.8) is 0 Å². The molecule has 1 aliphatic carbocycles. The number of hydrogen-bond acceptors (Lipinski definition) is 4. The molecule has 0 bridgehead atoms. The van der Waals surface area contributed by atoms with Crippen LogP contribution in [0.25, 0.3) is 0 Å². The van der Waals surface area contributed by atoms with Crippen molar-refractivity contribution >= 4 is 5.91 Å². The van der Waals surface area contributed by atoms with Gasteiger partial charge in [0, 0.05) is 50.5 Å². The Morgan fingerprint density at radius 3 is 2.84 bits per heavy atom. The van der Waals surface area contributed by atoms with Crippen LogP contribution in [0, 0.1) is 5.92 Å². The van der Waals surface area contributed by atoms with Crippen LogP contribution in [-0.2, 0) is 9.53 Å². The molecule has 5 heteroatoms. The van der Waals surface area contributed by atoms with Crippen LogP contribution in [-0.4, -0.2) is 65.1 Å². The van der Waals surface area contributed by atoms with E-state index in [0.29, 0.717) is 17.9 Å². The molecular formula is C20H29N3O2. The third-order valence-corrected chi connectivity index (χ3v) is 5.84. The Hall–Kier alpha value is -1.46. The van der Waals surface area contributed by atoms with Crippen LogP contribution in [0.5, 0.6) is 0 Å². The van der Waals surface area contributed by atoms with E-state index in [4.69, 9.17) is 4.74 Å². The van der Waals surface area contributed by atoms with Crippen LogP contribution >= 0.6 is 0 Å². The third kappa shape index (κ3) is 3.72. The maximum atomic E-state index is 13.0. The highest BCUT2D eigenvalue weighted by Gasteiger charge is 2.47. The predicted octanol–water partition coefficient (Wildman–Crippen LogP) is 2.29. The summed E-state index contributed by atoms with van der Waals surface area (Å²) in [5.41, 5.74) is 1.22. The Bertz CT molecular complexity index is 598. The highest BCUT2D eigenvalue weighted by atomic mass is 16.5. The molecule has 1 aromatic rings. The molecule has 5 nitrogen and oxygen atoms in total. The van der Waals surface area contributed by atoms with Gasteiger partial charge in [0.1, 0.15) is 0 Å². The molecular weight excluding hydrogens is 314 g/mol. The molecule has 25 heavy (non-hydrogen) atoms. The van der Waals surface area contributed by atoms with Crippen LogP contribution in [0.2, 0.25) is 0 Å². The van der Waals surface area contributed by atoms with E-state index in [1.165, 1.54) is 5.56 Å². The number of ether oxygens (including phenoxy) is 1. The zero-order chi connectivity index (χ0) is 17.4. The van der Waals surface area contributed by atoms with Crippen molar-refractivity contribution in [3.8, 4) is 0 Å². The number of carbonyl (C=O) groups excluding carboxylic acids is 1. The molecule has 2 aliphatic heterocycles. The average molecular weight is 343 g/mol. The topological polar surface area (TPSA) is 45.7 Å². The van der Waals surface area contributed by atoms with Gasteiger partial charge >= 0.3 is 0 Å². The first-order chi connectivity index (χ1) is 12.1. The van der Waals surface area contributed by atoms with Gasteiger partial charge in [0.25, 0.3) is 0 Å². The lowest BCUT2D eigenvalue weighted by Gasteiger charge is -2.38. The molecule has 0 spiro atoms. The van der Waals surface area contributed by atoms with Gasteiger partial charge in [-0.3, -0.25) is 14.7 Å². The number of aromatic nitrogens is 1. The van der Waals surface area contributed by atoms with Gasteiger partial charge < -0.3 is 9.64 Å². The first kappa shape index (κ1) is 17.0. The van der Waals surface area contributed by atoms with Crippen LogP contribution in [0.3, 0.4) is 0 Å². The molecule has 1 saturated carbocycles. The number of nitrogens with zero attached hydrogens (tertiary/aromatic N) is 3. The minimum atomic E-state index is 0.173. The first-order valence-corrected chi connectivity index (χ1v) is 9.70. The summed E-state index contributed by atoms with van der Waals surface area (Å²) in [5, 5.41) is 0. The van der Waals surface area contributed by atoms with E-state index in [1.807, 2.05) is 12.3 Å². The van der Waals surface area contributed by atoms with Crippen molar-refractivity contribution in [1.29, 1.82) is 0 Å². The summed E-state index contributed by atoms with van der Waals surface area (Å²) in [4.78, 5) is 21.9. The lowest BCUT2D eigenvalue weighted by atomic mass is 10.1. The largest absolute Gasteiger partial charge is 0.373 e. The van der Waals surface area contributed by atoms with Gasteiger partial charge in [-0.25, -0.2) is 0 Å². The van der Waals surface area contributed by atoms with Gasteiger partial charge in [-0.15, -0.1) is 0 Å². The van der Waals surface area contributed by atoms with Crippen molar-refractivity contribution in [2.75, 3.05) is 26.2 Å². The van der Waals surface area contributed by atoms with Gasteiger partial charge in [0.2, 0.25) is 5.91 Å². The second-order valence-corrected chi connectivity index (χ2v) is 8.04.